The molecule has 0 radical (unpaired) electrons. The third-order valence-corrected chi connectivity index (χ3v) is 2.99. The van der Waals surface area contributed by atoms with Crippen molar-refractivity contribution in [1.29, 1.82) is 0 Å². The smallest absolute Gasteiger partial charge is 0.209 e. The van der Waals surface area contributed by atoms with E-state index in [9.17, 15) is 8.42 Å². The SMILES string of the molecule is C=C[C@H](CC)[C@H](C)CS(N)(=O)=O. The minimum Gasteiger partial charge on any atom is -0.229 e. The Morgan fingerprint density at radius 3 is 2.33 bits per heavy atom. The highest BCUT2D eigenvalue weighted by atomic mass is 32.2. The largest absolute Gasteiger partial charge is 0.229 e. The zero-order chi connectivity index (χ0) is 9.78. The molecular weight excluding hydrogens is 174 g/mol. The molecular formula is C8H17NO2S. The Balaban J connectivity index is 4.19. The number of allylic oxidation sites excluding steroid dienone is 1. The van der Waals surface area contributed by atoms with Crippen LogP contribution in [-0.4, -0.2) is 14.2 Å². The molecule has 0 aromatic carbocycles. The second-order valence-electron chi connectivity index (χ2n) is 3.11. The summed E-state index contributed by atoms with van der Waals surface area (Å²) in [5, 5.41) is 4.92. The number of rotatable bonds is 5. The molecule has 12 heavy (non-hydrogen) atoms. The summed E-state index contributed by atoms with van der Waals surface area (Å²) in [6, 6.07) is 0. The average molecular weight is 191 g/mol. The van der Waals surface area contributed by atoms with E-state index in [1.165, 1.54) is 0 Å². The summed E-state index contributed by atoms with van der Waals surface area (Å²) in [5.74, 6) is 0.336. The monoisotopic (exact) mass is 191 g/mol. The van der Waals surface area contributed by atoms with Gasteiger partial charge in [0.1, 0.15) is 0 Å². The highest BCUT2D eigenvalue weighted by molar-refractivity contribution is 7.89. The van der Waals surface area contributed by atoms with E-state index in [0.717, 1.165) is 6.42 Å². The minimum atomic E-state index is -3.34. The number of primary sulfonamides is 1. The molecule has 4 heteroatoms. The van der Waals surface area contributed by atoms with Gasteiger partial charge in [-0.3, -0.25) is 0 Å². The van der Waals surface area contributed by atoms with E-state index in [1.54, 1.807) is 6.08 Å². The predicted molar refractivity (Wildman–Crippen MR) is 51.1 cm³/mol. The first-order valence-corrected chi connectivity index (χ1v) is 5.75. The first kappa shape index (κ1) is 11.6. The van der Waals surface area contributed by atoms with Crippen molar-refractivity contribution in [2.45, 2.75) is 20.3 Å². The highest BCUT2D eigenvalue weighted by Crippen LogP contribution is 2.17. The van der Waals surface area contributed by atoms with Gasteiger partial charge in [-0.05, 0) is 18.3 Å². The molecule has 2 atom stereocenters. The van der Waals surface area contributed by atoms with Gasteiger partial charge in [0, 0.05) is 0 Å². The molecule has 0 unspecified atom stereocenters. The lowest BCUT2D eigenvalue weighted by Crippen LogP contribution is -2.25. The van der Waals surface area contributed by atoms with Crippen LogP contribution in [0.25, 0.3) is 0 Å². The van der Waals surface area contributed by atoms with Gasteiger partial charge >= 0.3 is 0 Å². The van der Waals surface area contributed by atoms with E-state index in [1.807, 2.05) is 13.8 Å². The normalized spacial score (nSPS) is 16.9. The zero-order valence-corrected chi connectivity index (χ0v) is 8.47. The van der Waals surface area contributed by atoms with E-state index < -0.39 is 10.0 Å². The fourth-order valence-corrected chi connectivity index (χ4v) is 2.27. The van der Waals surface area contributed by atoms with Gasteiger partial charge in [0.15, 0.2) is 0 Å². The highest BCUT2D eigenvalue weighted by Gasteiger charge is 2.17. The molecule has 72 valence electrons. The Morgan fingerprint density at radius 2 is 2.08 bits per heavy atom. The van der Waals surface area contributed by atoms with E-state index in [4.69, 9.17) is 5.14 Å². The summed E-state index contributed by atoms with van der Waals surface area (Å²) < 4.78 is 21.4. The number of hydrogen-bond acceptors (Lipinski definition) is 2. The maximum absolute atomic E-state index is 10.7. The van der Waals surface area contributed by atoms with Gasteiger partial charge in [0.05, 0.1) is 5.75 Å². The third kappa shape index (κ3) is 4.51. The average Bonchev–Trinajstić information content (AvgIpc) is 1.85. The molecule has 0 aliphatic carbocycles. The van der Waals surface area contributed by atoms with Crippen LogP contribution in [0.3, 0.4) is 0 Å². The standard InChI is InChI=1S/C8H17NO2S/c1-4-8(5-2)7(3)6-12(9,10)11/h4,7-8H,1,5-6H2,2-3H3,(H2,9,10,11)/t7-,8-/m1/s1. The molecule has 2 N–H and O–H groups in total. The Morgan fingerprint density at radius 1 is 1.58 bits per heavy atom. The van der Waals surface area contributed by atoms with Crippen LogP contribution in [0.15, 0.2) is 12.7 Å². The lowest BCUT2D eigenvalue weighted by molar-refractivity contribution is 0.450. The Kier molecular flexibility index (Phi) is 4.49. The van der Waals surface area contributed by atoms with Crippen molar-refractivity contribution < 1.29 is 8.42 Å². The summed E-state index contributed by atoms with van der Waals surface area (Å²) in [5.41, 5.74) is 0. The second kappa shape index (κ2) is 4.62. The maximum atomic E-state index is 10.7. The lowest BCUT2D eigenvalue weighted by atomic mass is 9.93. The van der Waals surface area contributed by atoms with Crippen LogP contribution in [0.5, 0.6) is 0 Å². The van der Waals surface area contributed by atoms with Gasteiger partial charge in [-0.15, -0.1) is 6.58 Å². The van der Waals surface area contributed by atoms with Gasteiger partial charge in [-0.2, -0.15) is 0 Å². The predicted octanol–water partition coefficient (Wildman–Crippen LogP) is 1.12. The Labute approximate surface area is 74.7 Å². The van der Waals surface area contributed by atoms with Crippen molar-refractivity contribution in [3.05, 3.63) is 12.7 Å². The molecule has 0 spiro atoms. The molecule has 0 saturated heterocycles. The number of nitrogens with two attached hydrogens (primary N) is 1. The molecule has 0 aromatic heterocycles. The topological polar surface area (TPSA) is 60.2 Å². The second-order valence-corrected chi connectivity index (χ2v) is 4.77. The van der Waals surface area contributed by atoms with Crippen molar-refractivity contribution in [3.63, 3.8) is 0 Å². The molecule has 0 aliphatic heterocycles. The van der Waals surface area contributed by atoms with Crippen LogP contribution >= 0.6 is 0 Å². The quantitative estimate of drug-likeness (QED) is 0.662. The maximum Gasteiger partial charge on any atom is 0.209 e. The van der Waals surface area contributed by atoms with Crippen LogP contribution in [0, 0.1) is 11.8 Å². The minimum absolute atomic E-state index is 0.0392. The fraction of sp³-hybridized carbons (Fsp3) is 0.750. The van der Waals surface area contributed by atoms with Crippen molar-refractivity contribution in [2.75, 3.05) is 5.75 Å². The zero-order valence-electron chi connectivity index (χ0n) is 7.66. The summed E-state index contributed by atoms with van der Waals surface area (Å²) in [6.07, 6.45) is 2.69. The van der Waals surface area contributed by atoms with Crippen molar-refractivity contribution >= 4 is 10.0 Å². The van der Waals surface area contributed by atoms with E-state index in [-0.39, 0.29) is 17.6 Å². The lowest BCUT2D eigenvalue weighted by Gasteiger charge is -2.17. The summed E-state index contributed by atoms with van der Waals surface area (Å²) in [6.45, 7) is 7.53. The molecule has 0 amide bonds. The van der Waals surface area contributed by atoms with Crippen molar-refractivity contribution in [1.82, 2.24) is 0 Å². The van der Waals surface area contributed by atoms with Crippen molar-refractivity contribution in [3.8, 4) is 0 Å². The van der Waals surface area contributed by atoms with E-state index >= 15 is 0 Å². The molecule has 0 rings (SSSR count). The van der Waals surface area contributed by atoms with Gasteiger partial charge in [0.2, 0.25) is 10.0 Å². The molecule has 0 heterocycles. The van der Waals surface area contributed by atoms with E-state index in [2.05, 4.69) is 6.58 Å². The van der Waals surface area contributed by atoms with Gasteiger partial charge < -0.3 is 0 Å². The van der Waals surface area contributed by atoms with E-state index in [0.29, 0.717) is 0 Å². The third-order valence-electron chi connectivity index (χ3n) is 2.00. The van der Waals surface area contributed by atoms with Crippen LogP contribution in [-0.2, 0) is 10.0 Å². The van der Waals surface area contributed by atoms with Crippen LogP contribution in [0.2, 0.25) is 0 Å². The Hall–Kier alpha value is -0.350. The number of hydrogen-bond donors (Lipinski definition) is 1. The van der Waals surface area contributed by atoms with Gasteiger partial charge in [-0.1, -0.05) is 19.9 Å². The fourth-order valence-electron chi connectivity index (χ4n) is 1.29. The van der Waals surface area contributed by atoms with Crippen LogP contribution in [0.1, 0.15) is 20.3 Å². The molecule has 0 aliphatic rings. The number of sulfonamides is 1. The summed E-state index contributed by atoms with van der Waals surface area (Å²) in [7, 11) is -3.34. The Bertz CT molecular complexity index is 233. The van der Waals surface area contributed by atoms with Crippen LogP contribution < -0.4 is 5.14 Å². The van der Waals surface area contributed by atoms with Gasteiger partial charge in [0.25, 0.3) is 0 Å². The van der Waals surface area contributed by atoms with Crippen LogP contribution in [0.4, 0.5) is 0 Å². The molecule has 0 bridgehead atoms. The van der Waals surface area contributed by atoms with Crippen molar-refractivity contribution in [2.24, 2.45) is 17.0 Å². The summed E-state index contributed by atoms with van der Waals surface area (Å²) >= 11 is 0. The molecule has 0 aromatic rings. The first-order chi connectivity index (χ1) is 5.40. The molecule has 0 fully saturated rings. The van der Waals surface area contributed by atoms with Gasteiger partial charge in [-0.25, -0.2) is 13.6 Å². The first-order valence-electron chi connectivity index (χ1n) is 4.03. The molecule has 3 nitrogen and oxygen atoms in total. The molecule has 0 saturated carbocycles. The summed E-state index contributed by atoms with van der Waals surface area (Å²) in [4.78, 5) is 0.